The Bertz CT molecular complexity index is 787. The summed E-state index contributed by atoms with van der Waals surface area (Å²) in [5, 5.41) is -0.126. The largest absolute Gasteiger partial charge is 0.418 e. The molecule has 0 spiro atoms. The third kappa shape index (κ3) is 4.55. The zero-order valence-electron chi connectivity index (χ0n) is 16.9. The van der Waals surface area contributed by atoms with Crippen LogP contribution in [0.2, 0.25) is 5.02 Å². The average molecular weight is 445 g/mol. The van der Waals surface area contributed by atoms with Crippen LogP contribution < -0.4 is 5.73 Å². The van der Waals surface area contributed by atoms with Crippen molar-refractivity contribution in [1.82, 2.24) is 14.7 Å². The van der Waals surface area contributed by atoms with E-state index in [-0.39, 0.29) is 23.8 Å². The van der Waals surface area contributed by atoms with E-state index in [9.17, 15) is 18.0 Å². The molecular weight excluding hydrogens is 417 g/mol. The molecule has 0 unspecified atom stereocenters. The number of piperazine rings is 1. The number of aryl methyl sites for hydroxylation is 1. The van der Waals surface area contributed by atoms with Gasteiger partial charge in [-0.15, -0.1) is 0 Å². The number of nitrogen functional groups attached to an aromatic ring is 1. The van der Waals surface area contributed by atoms with Crippen LogP contribution in [0.1, 0.15) is 30.4 Å². The van der Waals surface area contributed by atoms with Gasteiger partial charge in [0.15, 0.2) is 0 Å². The maximum Gasteiger partial charge on any atom is 0.418 e. The van der Waals surface area contributed by atoms with Gasteiger partial charge in [0.2, 0.25) is 5.91 Å². The predicted molar refractivity (Wildman–Crippen MR) is 110 cm³/mol. The maximum absolute atomic E-state index is 13.1. The van der Waals surface area contributed by atoms with E-state index < -0.39 is 17.4 Å². The van der Waals surface area contributed by atoms with Crippen LogP contribution in [0.3, 0.4) is 0 Å². The first-order chi connectivity index (χ1) is 14.2. The molecule has 4 aliphatic rings. The summed E-state index contributed by atoms with van der Waals surface area (Å²) < 4.78 is 39.4. The molecular formula is C21H28ClF3N4O. The van der Waals surface area contributed by atoms with Gasteiger partial charge in [0.25, 0.3) is 0 Å². The van der Waals surface area contributed by atoms with Gasteiger partial charge in [-0.05, 0) is 56.0 Å². The highest BCUT2D eigenvalue weighted by Gasteiger charge is 2.38. The lowest BCUT2D eigenvalue weighted by Crippen LogP contribution is -2.61. The number of rotatable bonds is 4. The van der Waals surface area contributed by atoms with Crippen molar-refractivity contribution in [2.75, 3.05) is 51.5 Å². The molecule has 0 radical (unpaired) electrons. The van der Waals surface area contributed by atoms with Crippen molar-refractivity contribution in [2.24, 2.45) is 5.92 Å². The number of carbonyl (C=O) groups excluding carboxylic acids is 1. The number of hydrogen-bond acceptors (Lipinski definition) is 4. The van der Waals surface area contributed by atoms with Crippen LogP contribution in [0.4, 0.5) is 18.9 Å². The Kier molecular flexibility index (Phi) is 6.19. The molecule has 5 rings (SSSR count). The standard InChI is InChI=1S/C21H28ClF3N4O/c22-17-12-14(11-16(20(17)26)21(23,24)25)1-2-19(30)29-9-7-28(8-10-29)18-13-27-5-3-15(18)4-6-27/h11-12,15,18H,1-10,13,26H2/t18-/m0/s1. The lowest BCUT2D eigenvalue weighted by molar-refractivity contribution is -0.137. The van der Waals surface area contributed by atoms with Crippen LogP contribution in [0, 0.1) is 5.92 Å². The van der Waals surface area contributed by atoms with Gasteiger partial charge >= 0.3 is 6.18 Å². The van der Waals surface area contributed by atoms with Crippen LogP contribution in [0.5, 0.6) is 0 Å². The Balaban J connectivity index is 1.30. The molecule has 4 saturated heterocycles. The van der Waals surface area contributed by atoms with Crippen molar-refractivity contribution in [3.63, 3.8) is 0 Å². The first-order valence-corrected chi connectivity index (χ1v) is 11.0. The maximum atomic E-state index is 13.1. The fraction of sp³-hybridized carbons (Fsp3) is 0.667. The predicted octanol–water partition coefficient (Wildman–Crippen LogP) is 3.11. The van der Waals surface area contributed by atoms with E-state index in [0.717, 1.165) is 31.6 Å². The number of piperidine rings is 3. The van der Waals surface area contributed by atoms with Crippen LogP contribution in [0.25, 0.3) is 0 Å². The van der Waals surface area contributed by atoms with Gasteiger partial charge < -0.3 is 15.5 Å². The lowest BCUT2D eigenvalue weighted by Gasteiger charge is -2.51. The molecule has 4 aliphatic heterocycles. The molecule has 30 heavy (non-hydrogen) atoms. The first-order valence-electron chi connectivity index (χ1n) is 10.6. The molecule has 4 heterocycles. The molecule has 1 aromatic rings. The fourth-order valence-electron chi connectivity index (χ4n) is 5.11. The molecule has 9 heteroatoms. The number of anilines is 1. The summed E-state index contributed by atoms with van der Waals surface area (Å²) in [5.41, 5.74) is 4.44. The van der Waals surface area contributed by atoms with E-state index in [1.165, 1.54) is 32.0 Å². The van der Waals surface area contributed by atoms with E-state index in [0.29, 0.717) is 24.7 Å². The SMILES string of the molecule is Nc1c(Cl)cc(CCC(=O)N2CCN([C@H]3CN4CCC3CC4)CC2)cc1C(F)(F)F. The minimum Gasteiger partial charge on any atom is -0.397 e. The minimum atomic E-state index is -4.57. The molecule has 2 bridgehead atoms. The normalized spacial score (nSPS) is 27.5. The molecule has 5 nitrogen and oxygen atoms in total. The number of nitrogens with two attached hydrogens (primary N) is 1. The molecule has 0 saturated carbocycles. The second-order valence-electron chi connectivity index (χ2n) is 8.66. The summed E-state index contributed by atoms with van der Waals surface area (Å²) in [4.78, 5) is 19.5. The summed E-state index contributed by atoms with van der Waals surface area (Å²) in [6.07, 6.45) is -1.65. The summed E-state index contributed by atoms with van der Waals surface area (Å²) in [7, 11) is 0. The van der Waals surface area contributed by atoms with Crippen LogP contribution in [-0.4, -0.2) is 72.5 Å². The fourth-order valence-corrected chi connectivity index (χ4v) is 5.35. The van der Waals surface area contributed by atoms with Gasteiger partial charge in [0.1, 0.15) is 0 Å². The Morgan fingerprint density at radius 1 is 1.10 bits per heavy atom. The van der Waals surface area contributed by atoms with Crippen molar-refractivity contribution in [1.29, 1.82) is 0 Å². The van der Waals surface area contributed by atoms with Gasteiger partial charge in [-0.3, -0.25) is 9.69 Å². The summed E-state index contributed by atoms with van der Waals surface area (Å²) in [6.45, 7) is 6.66. The highest BCUT2D eigenvalue weighted by molar-refractivity contribution is 6.33. The number of carbonyl (C=O) groups is 1. The average Bonchev–Trinajstić information content (AvgIpc) is 2.74. The van der Waals surface area contributed by atoms with Crippen molar-refractivity contribution in [2.45, 2.75) is 37.9 Å². The van der Waals surface area contributed by atoms with E-state index in [4.69, 9.17) is 17.3 Å². The van der Waals surface area contributed by atoms with Crippen LogP contribution in [-0.2, 0) is 17.4 Å². The summed E-state index contributed by atoms with van der Waals surface area (Å²) >= 11 is 5.88. The van der Waals surface area contributed by atoms with Crippen molar-refractivity contribution >= 4 is 23.2 Å². The Labute approximate surface area is 179 Å². The lowest BCUT2D eigenvalue weighted by atomic mass is 9.83. The Morgan fingerprint density at radius 2 is 1.77 bits per heavy atom. The highest BCUT2D eigenvalue weighted by Crippen LogP contribution is 2.38. The zero-order valence-corrected chi connectivity index (χ0v) is 17.7. The smallest absolute Gasteiger partial charge is 0.397 e. The second-order valence-corrected chi connectivity index (χ2v) is 9.07. The van der Waals surface area contributed by atoms with Gasteiger partial charge in [0.05, 0.1) is 16.3 Å². The van der Waals surface area contributed by atoms with Gasteiger partial charge in [-0.1, -0.05) is 11.6 Å². The monoisotopic (exact) mass is 444 g/mol. The number of halogens is 4. The quantitative estimate of drug-likeness (QED) is 0.725. The number of hydrogen-bond donors (Lipinski definition) is 1. The molecule has 4 fully saturated rings. The molecule has 1 amide bonds. The second kappa shape index (κ2) is 8.55. The molecule has 2 N–H and O–H groups in total. The zero-order chi connectivity index (χ0) is 21.5. The van der Waals surface area contributed by atoms with E-state index in [1.807, 2.05) is 4.90 Å². The molecule has 0 aliphatic carbocycles. The highest BCUT2D eigenvalue weighted by atomic mass is 35.5. The van der Waals surface area contributed by atoms with E-state index in [1.54, 1.807) is 0 Å². The molecule has 166 valence electrons. The van der Waals surface area contributed by atoms with Gasteiger partial charge in [-0.25, -0.2) is 0 Å². The van der Waals surface area contributed by atoms with E-state index >= 15 is 0 Å². The van der Waals surface area contributed by atoms with Gasteiger partial charge in [-0.2, -0.15) is 13.2 Å². The Hall–Kier alpha value is -1.51. The third-order valence-corrected chi connectivity index (χ3v) is 7.19. The van der Waals surface area contributed by atoms with Crippen LogP contribution in [0.15, 0.2) is 12.1 Å². The number of nitrogens with zero attached hydrogens (tertiary/aromatic N) is 3. The number of alkyl halides is 3. The summed E-state index contributed by atoms with van der Waals surface area (Å²) in [6, 6.07) is 3.02. The molecule has 1 atom stereocenters. The minimum absolute atomic E-state index is 0.0231. The van der Waals surface area contributed by atoms with Crippen molar-refractivity contribution < 1.29 is 18.0 Å². The van der Waals surface area contributed by atoms with Crippen LogP contribution >= 0.6 is 11.6 Å². The summed E-state index contributed by atoms with van der Waals surface area (Å²) in [5.74, 6) is 0.750. The molecule has 1 aromatic carbocycles. The number of fused-ring (bicyclic) bond motifs is 3. The number of benzene rings is 1. The van der Waals surface area contributed by atoms with Crippen molar-refractivity contribution in [3.8, 4) is 0 Å². The molecule has 0 aromatic heterocycles. The first kappa shape index (κ1) is 21.7. The topological polar surface area (TPSA) is 52.8 Å². The van der Waals surface area contributed by atoms with Crippen molar-refractivity contribution in [3.05, 3.63) is 28.3 Å². The van der Waals surface area contributed by atoms with Gasteiger partial charge in [0, 0.05) is 45.2 Å². The number of amides is 1. The van der Waals surface area contributed by atoms with E-state index in [2.05, 4.69) is 9.80 Å². The Morgan fingerprint density at radius 3 is 2.33 bits per heavy atom. The third-order valence-electron chi connectivity index (χ3n) is 6.88.